The van der Waals surface area contributed by atoms with Gasteiger partial charge in [-0.15, -0.1) is 24.0 Å². The van der Waals surface area contributed by atoms with Gasteiger partial charge in [-0.05, 0) is 30.2 Å². The van der Waals surface area contributed by atoms with Gasteiger partial charge < -0.3 is 10.6 Å². The molecular weight excluding hydrogens is 485 g/mol. The SMILES string of the molecule is CCNC(=NCc1ccc(S(C)(=O)=O)cc1)NCC(C)(C)c1ccccc1.I. The van der Waals surface area contributed by atoms with Gasteiger partial charge in [-0.2, -0.15) is 0 Å². The molecule has 2 N–H and O–H groups in total. The van der Waals surface area contributed by atoms with Gasteiger partial charge in [0.15, 0.2) is 15.8 Å². The highest BCUT2D eigenvalue weighted by Crippen LogP contribution is 2.21. The van der Waals surface area contributed by atoms with E-state index in [0.717, 1.165) is 24.6 Å². The first-order valence-corrected chi connectivity index (χ1v) is 11.0. The Hall–Kier alpha value is -1.61. The molecular formula is C21H30IN3O2S. The Morgan fingerprint density at radius 2 is 1.61 bits per heavy atom. The number of nitrogens with zero attached hydrogens (tertiary/aromatic N) is 1. The zero-order valence-corrected chi connectivity index (χ0v) is 20.0. The van der Waals surface area contributed by atoms with Crippen LogP contribution in [0.25, 0.3) is 0 Å². The Labute approximate surface area is 186 Å². The molecule has 0 saturated heterocycles. The molecule has 2 aromatic rings. The van der Waals surface area contributed by atoms with Gasteiger partial charge >= 0.3 is 0 Å². The van der Waals surface area contributed by atoms with Crippen LogP contribution in [0.15, 0.2) is 64.5 Å². The summed E-state index contributed by atoms with van der Waals surface area (Å²) >= 11 is 0. The second-order valence-corrected chi connectivity index (χ2v) is 9.23. The first kappa shape index (κ1) is 24.4. The van der Waals surface area contributed by atoms with Crippen LogP contribution in [0.1, 0.15) is 31.9 Å². The van der Waals surface area contributed by atoms with Gasteiger partial charge in [-0.25, -0.2) is 13.4 Å². The Morgan fingerprint density at radius 3 is 2.14 bits per heavy atom. The van der Waals surface area contributed by atoms with E-state index in [-0.39, 0.29) is 29.4 Å². The second kappa shape index (κ2) is 10.8. The van der Waals surface area contributed by atoms with Crippen molar-refractivity contribution in [1.29, 1.82) is 0 Å². The third-order valence-electron chi connectivity index (χ3n) is 4.37. The van der Waals surface area contributed by atoms with Crippen molar-refractivity contribution in [1.82, 2.24) is 10.6 Å². The fraction of sp³-hybridized carbons (Fsp3) is 0.381. The summed E-state index contributed by atoms with van der Waals surface area (Å²) in [4.78, 5) is 4.94. The van der Waals surface area contributed by atoms with Crippen molar-refractivity contribution in [2.24, 2.45) is 4.99 Å². The van der Waals surface area contributed by atoms with Crippen LogP contribution >= 0.6 is 24.0 Å². The lowest BCUT2D eigenvalue weighted by atomic mass is 9.85. The molecule has 0 atom stereocenters. The summed E-state index contributed by atoms with van der Waals surface area (Å²) in [5.41, 5.74) is 2.20. The van der Waals surface area contributed by atoms with Gasteiger partial charge in [0, 0.05) is 24.8 Å². The van der Waals surface area contributed by atoms with E-state index in [4.69, 9.17) is 0 Å². The third-order valence-corrected chi connectivity index (χ3v) is 5.50. The molecule has 0 aliphatic rings. The molecule has 0 spiro atoms. The van der Waals surface area contributed by atoms with E-state index in [1.807, 2.05) is 13.0 Å². The lowest BCUT2D eigenvalue weighted by Crippen LogP contribution is -2.43. The highest BCUT2D eigenvalue weighted by Gasteiger charge is 2.20. The van der Waals surface area contributed by atoms with Gasteiger partial charge in [-0.3, -0.25) is 0 Å². The monoisotopic (exact) mass is 515 g/mol. The highest BCUT2D eigenvalue weighted by molar-refractivity contribution is 14.0. The van der Waals surface area contributed by atoms with Gasteiger partial charge in [0.05, 0.1) is 11.4 Å². The Kier molecular flexibility index (Phi) is 9.43. The van der Waals surface area contributed by atoms with Crippen LogP contribution in [0.4, 0.5) is 0 Å². The quantitative estimate of drug-likeness (QED) is 0.335. The topological polar surface area (TPSA) is 70.6 Å². The van der Waals surface area contributed by atoms with Crippen LogP contribution in [-0.4, -0.2) is 33.7 Å². The molecule has 154 valence electrons. The molecule has 0 bridgehead atoms. The molecule has 0 aliphatic carbocycles. The summed E-state index contributed by atoms with van der Waals surface area (Å²) in [5.74, 6) is 0.744. The number of hydrogen-bond donors (Lipinski definition) is 2. The van der Waals surface area contributed by atoms with Crippen LogP contribution in [0.5, 0.6) is 0 Å². The molecule has 2 aromatic carbocycles. The molecule has 7 heteroatoms. The number of hydrogen-bond acceptors (Lipinski definition) is 3. The maximum Gasteiger partial charge on any atom is 0.191 e. The zero-order valence-electron chi connectivity index (χ0n) is 16.9. The average Bonchev–Trinajstić information content (AvgIpc) is 2.64. The standard InChI is InChI=1S/C21H29N3O2S.HI/c1-5-22-20(24-16-21(2,3)18-9-7-6-8-10-18)23-15-17-11-13-19(14-12-17)27(4,25)26;/h6-14H,5,15-16H2,1-4H3,(H2,22,23,24);1H. The number of guanidine groups is 1. The van der Waals surface area contributed by atoms with Crippen molar-refractivity contribution < 1.29 is 8.42 Å². The summed E-state index contributed by atoms with van der Waals surface area (Å²) < 4.78 is 23.1. The molecule has 0 amide bonds. The number of benzene rings is 2. The summed E-state index contributed by atoms with van der Waals surface area (Å²) in [7, 11) is -3.17. The molecule has 28 heavy (non-hydrogen) atoms. The predicted octanol–water partition coefficient (Wildman–Crippen LogP) is 3.74. The number of halogens is 1. The molecule has 2 rings (SSSR count). The number of sulfone groups is 1. The first-order chi connectivity index (χ1) is 12.7. The molecule has 0 heterocycles. The predicted molar refractivity (Wildman–Crippen MR) is 127 cm³/mol. The first-order valence-electron chi connectivity index (χ1n) is 9.09. The second-order valence-electron chi connectivity index (χ2n) is 7.21. The summed E-state index contributed by atoms with van der Waals surface area (Å²) in [6.45, 7) is 8.41. The normalized spacial score (nSPS) is 12.2. The highest BCUT2D eigenvalue weighted by atomic mass is 127. The number of rotatable bonds is 7. The maximum atomic E-state index is 11.5. The average molecular weight is 515 g/mol. The van der Waals surface area contributed by atoms with Gasteiger partial charge in [-0.1, -0.05) is 56.3 Å². The van der Waals surface area contributed by atoms with Crippen molar-refractivity contribution in [3.05, 3.63) is 65.7 Å². The summed E-state index contributed by atoms with van der Waals surface area (Å²) in [5, 5.41) is 6.66. The molecule has 5 nitrogen and oxygen atoms in total. The largest absolute Gasteiger partial charge is 0.357 e. The van der Waals surface area contributed by atoms with Gasteiger partial charge in [0.2, 0.25) is 0 Å². The van der Waals surface area contributed by atoms with E-state index >= 15 is 0 Å². The lowest BCUT2D eigenvalue weighted by Gasteiger charge is -2.26. The van der Waals surface area contributed by atoms with Crippen LogP contribution in [-0.2, 0) is 21.8 Å². The van der Waals surface area contributed by atoms with E-state index in [0.29, 0.717) is 11.4 Å². The van der Waals surface area contributed by atoms with Crippen molar-refractivity contribution in [2.45, 2.75) is 37.6 Å². The van der Waals surface area contributed by atoms with Crippen molar-refractivity contribution in [2.75, 3.05) is 19.3 Å². The Balaban J connectivity index is 0.00000392. The summed E-state index contributed by atoms with van der Waals surface area (Å²) in [6, 6.07) is 17.2. The lowest BCUT2D eigenvalue weighted by molar-refractivity contribution is 0.508. The fourth-order valence-corrected chi connectivity index (χ4v) is 3.28. The Morgan fingerprint density at radius 1 is 1.00 bits per heavy atom. The molecule has 0 aliphatic heterocycles. The third kappa shape index (κ3) is 7.43. The number of aliphatic imine (C=N–C) groups is 1. The van der Waals surface area contributed by atoms with Crippen LogP contribution < -0.4 is 10.6 Å². The molecule has 0 aromatic heterocycles. The van der Waals surface area contributed by atoms with Crippen LogP contribution in [0.2, 0.25) is 0 Å². The molecule has 0 unspecified atom stereocenters. The fourth-order valence-electron chi connectivity index (χ4n) is 2.65. The van der Waals surface area contributed by atoms with E-state index in [1.165, 1.54) is 11.8 Å². The Bertz CT molecular complexity index is 864. The van der Waals surface area contributed by atoms with E-state index in [1.54, 1.807) is 24.3 Å². The van der Waals surface area contributed by atoms with E-state index < -0.39 is 9.84 Å². The molecule has 0 radical (unpaired) electrons. The molecule has 0 saturated carbocycles. The summed E-state index contributed by atoms with van der Waals surface area (Å²) in [6.07, 6.45) is 1.21. The van der Waals surface area contributed by atoms with Gasteiger partial charge in [0.1, 0.15) is 0 Å². The zero-order chi connectivity index (χ0) is 19.9. The van der Waals surface area contributed by atoms with Crippen LogP contribution in [0, 0.1) is 0 Å². The molecule has 0 fully saturated rings. The van der Waals surface area contributed by atoms with Crippen molar-refractivity contribution in [3.63, 3.8) is 0 Å². The minimum Gasteiger partial charge on any atom is -0.357 e. The van der Waals surface area contributed by atoms with E-state index in [2.05, 4.69) is 53.7 Å². The minimum absolute atomic E-state index is 0. The van der Waals surface area contributed by atoms with Crippen molar-refractivity contribution in [3.8, 4) is 0 Å². The minimum atomic E-state index is -3.17. The van der Waals surface area contributed by atoms with Crippen molar-refractivity contribution >= 4 is 39.8 Å². The maximum absolute atomic E-state index is 11.5. The van der Waals surface area contributed by atoms with Gasteiger partial charge in [0.25, 0.3) is 0 Å². The number of nitrogens with one attached hydrogen (secondary N) is 2. The van der Waals surface area contributed by atoms with Crippen LogP contribution in [0.3, 0.4) is 0 Å². The smallest absolute Gasteiger partial charge is 0.191 e. The van der Waals surface area contributed by atoms with E-state index in [9.17, 15) is 8.42 Å².